The Balaban J connectivity index is 1.63. The number of amides is 3. The van der Waals surface area contributed by atoms with Gasteiger partial charge in [0.2, 0.25) is 11.7 Å². The third kappa shape index (κ3) is 4.22. The van der Waals surface area contributed by atoms with Crippen molar-refractivity contribution in [3.05, 3.63) is 0 Å². The van der Waals surface area contributed by atoms with Crippen LogP contribution in [0.3, 0.4) is 0 Å². The Labute approximate surface area is 133 Å². The van der Waals surface area contributed by atoms with Crippen LogP contribution in [-0.4, -0.2) is 65.6 Å². The molecule has 2 N–H and O–H groups in total. The van der Waals surface area contributed by atoms with Crippen LogP contribution in [0.25, 0.3) is 0 Å². The summed E-state index contributed by atoms with van der Waals surface area (Å²) in [7, 11) is 1.53. The average molecular weight is 327 g/mol. The highest BCUT2D eigenvalue weighted by Crippen LogP contribution is 2.33. The molecule has 3 unspecified atom stereocenters. The zero-order valence-corrected chi connectivity index (χ0v) is 13.4. The number of fused-ring (bicyclic) bond motifs is 1. The minimum Gasteiger partial charge on any atom is -0.338 e. The normalized spacial score (nSPS) is 26.0. The van der Waals surface area contributed by atoms with Crippen molar-refractivity contribution in [2.24, 2.45) is 0 Å². The number of nitrogens with one attached hydrogen (secondary N) is 2. The number of Topliss-reactive ketones (excluding diaryl/α,β-unsaturated/α-hetero) is 1. The summed E-state index contributed by atoms with van der Waals surface area (Å²) in [5.41, 5.74) is 0. The Morgan fingerprint density at radius 1 is 1.36 bits per heavy atom. The lowest BCUT2D eigenvalue weighted by Crippen LogP contribution is -2.36. The first kappa shape index (κ1) is 16.8. The molecule has 7 nitrogen and oxygen atoms in total. The van der Waals surface area contributed by atoms with Gasteiger partial charge in [-0.3, -0.25) is 14.4 Å². The SMILES string of the molecule is CN(CC(=O)C=O)C(=O)CCCCC1SCC2NC(=O)NC21. The van der Waals surface area contributed by atoms with Gasteiger partial charge in [0.05, 0.1) is 18.6 Å². The Morgan fingerprint density at radius 3 is 2.86 bits per heavy atom. The van der Waals surface area contributed by atoms with Crippen molar-refractivity contribution in [2.45, 2.75) is 43.0 Å². The Hall–Kier alpha value is -1.57. The quantitative estimate of drug-likeness (QED) is 0.282. The summed E-state index contributed by atoms with van der Waals surface area (Å²) in [4.78, 5) is 45.6. The summed E-state index contributed by atoms with van der Waals surface area (Å²) in [6, 6.07) is 0.336. The molecule has 0 aromatic carbocycles. The number of aldehydes is 1. The van der Waals surface area contributed by atoms with Gasteiger partial charge in [0.25, 0.3) is 0 Å². The van der Waals surface area contributed by atoms with Crippen LogP contribution >= 0.6 is 11.8 Å². The fourth-order valence-electron chi connectivity index (χ4n) is 2.81. The number of thioether (sulfide) groups is 1. The van der Waals surface area contributed by atoms with E-state index in [-0.39, 0.29) is 36.9 Å². The number of hydrogen-bond donors (Lipinski definition) is 2. The molecule has 8 heteroatoms. The minimum atomic E-state index is -0.589. The van der Waals surface area contributed by atoms with Gasteiger partial charge in [0, 0.05) is 24.5 Å². The van der Waals surface area contributed by atoms with E-state index in [1.54, 1.807) is 0 Å². The molecule has 3 amide bonds. The molecular formula is C14H21N3O4S. The van der Waals surface area contributed by atoms with Crippen LogP contribution in [0.2, 0.25) is 0 Å². The number of ketones is 1. The van der Waals surface area contributed by atoms with Crippen molar-refractivity contribution in [1.82, 2.24) is 15.5 Å². The van der Waals surface area contributed by atoms with Crippen molar-refractivity contribution in [2.75, 3.05) is 19.3 Å². The maximum Gasteiger partial charge on any atom is 0.315 e. The van der Waals surface area contributed by atoms with Crippen LogP contribution in [0.4, 0.5) is 4.79 Å². The minimum absolute atomic E-state index is 0.0862. The van der Waals surface area contributed by atoms with E-state index in [2.05, 4.69) is 10.6 Å². The zero-order valence-electron chi connectivity index (χ0n) is 12.5. The molecule has 0 aromatic heterocycles. The maximum atomic E-state index is 11.8. The molecule has 22 heavy (non-hydrogen) atoms. The van der Waals surface area contributed by atoms with Gasteiger partial charge >= 0.3 is 6.03 Å². The maximum absolute atomic E-state index is 11.8. The second-order valence-electron chi connectivity index (χ2n) is 5.70. The first-order chi connectivity index (χ1) is 10.5. The Bertz CT molecular complexity index is 471. The van der Waals surface area contributed by atoms with Gasteiger partial charge in [-0.25, -0.2) is 4.79 Å². The molecule has 3 atom stereocenters. The molecular weight excluding hydrogens is 306 g/mol. The molecule has 0 aliphatic carbocycles. The van der Waals surface area contributed by atoms with E-state index in [1.807, 2.05) is 11.8 Å². The smallest absolute Gasteiger partial charge is 0.315 e. The van der Waals surface area contributed by atoms with E-state index in [9.17, 15) is 19.2 Å². The molecule has 0 aromatic rings. The lowest BCUT2D eigenvalue weighted by Gasteiger charge is -2.17. The second-order valence-corrected chi connectivity index (χ2v) is 6.97. The monoisotopic (exact) mass is 327 g/mol. The summed E-state index contributed by atoms with van der Waals surface area (Å²) in [6.07, 6.45) is 3.21. The topological polar surface area (TPSA) is 95.6 Å². The van der Waals surface area contributed by atoms with Crippen LogP contribution in [0.1, 0.15) is 25.7 Å². The van der Waals surface area contributed by atoms with E-state index in [0.29, 0.717) is 11.7 Å². The van der Waals surface area contributed by atoms with Crippen molar-refractivity contribution in [3.63, 3.8) is 0 Å². The summed E-state index contributed by atoms with van der Waals surface area (Å²) >= 11 is 1.86. The molecule has 2 heterocycles. The molecule has 0 saturated carbocycles. The summed E-state index contributed by atoms with van der Waals surface area (Å²) < 4.78 is 0. The highest BCUT2D eigenvalue weighted by Gasteiger charge is 2.42. The molecule has 2 rings (SSSR count). The zero-order chi connectivity index (χ0) is 16.1. The number of urea groups is 1. The highest BCUT2D eigenvalue weighted by molar-refractivity contribution is 8.00. The molecule has 0 bridgehead atoms. The fraction of sp³-hybridized carbons (Fsp3) is 0.714. The van der Waals surface area contributed by atoms with E-state index < -0.39 is 5.78 Å². The number of carbonyl (C=O) groups is 4. The number of likely N-dealkylation sites (N-methyl/N-ethyl adjacent to an activating group) is 1. The van der Waals surface area contributed by atoms with Crippen LogP contribution < -0.4 is 10.6 Å². The van der Waals surface area contributed by atoms with E-state index in [4.69, 9.17) is 0 Å². The summed E-state index contributed by atoms with van der Waals surface area (Å²) in [5.74, 6) is 0.223. The van der Waals surface area contributed by atoms with Gasteiger partial charge in [-0.05, 0) is 12.8 Å². The van der Waals surface area contributed by atoms with E-state index in [1.165, 1.54) is 11.9 Å². The molecule has 0 radical (unpaired) electrons. The molecule has 2 fully saturated rings. The summed E-state index contributed by atoms with van der Waals surface area (Å²) in [5, 5.41) is 6.24. The molecule has 2 aliphatic heterocycles. The number of rotatable bonds is 8. The van der Waals surface area contributed by atoms with Crippen molar-refractivity contribution >= 4 is 35.8 Å². The van der Waals surface area contributed by atoms with Gasteiger partial charge in [0.1, 0.15) is 0 Å². The molecule has 0 spiro atoms. The van der Waals surface area contributed by atoms with Crippen molar-refractivity contribution < 1.29 is 19.2 Å². The number of carbonyl (C=O) groups excluding carboxylic acids is 4. The predicted molar refractivity (Wildman–Crippen MR) is 82.7 cm³/mol. The second kappa shape index (κ2) is 7.62. The first-order valence-electron chi connectivity index (χ1n) is 7.42. The van der Waals surface area contributed by atoms with Gasteiger partial charge in [0.15, 0.2) is 6.29 Å². The molecule has 122 valence electrons. The fourth-order valence-corrected chi connectivity index (χ4v) is 4.36. The third-order valence-corrected chi connectivity index (χ3v) is 5.53. The lowest BCUT2D eigenvalue weighted by atomic mass is 10.0. The lowest BCUT2D eigenvalue weighted by molar-refractivity contribution is -0.136. The van der Waals surface area contributed by atoms with Crippen LogP contribution in [0, 0.1) is 0 Å². The largest absolute Gasteiger partial charge is 0.338 e. The first-order valence-corrected chi connectivity index (χ1v) is 8.46. The van der Waals surface area contributed by atoms with Crippen LogP contribution in [0.5, 0.6) is 0 Å². The third-order valence-electron chi connectivity index (χ3n) is 4.02. The molecule has 2 aliphatic rings. The van der Waals surface area contributed by atoms with E-state index >= 15 is 0 Å². The Morgan fingerprint density at radius 2 is 2.14 bits per heavy atom. The van der Waals surface area contributed by atoms with Gasteiger partial charge < -0.3 is 15.5 Å². The van der Waals surface area contributed by atoms with Gasteiger partial charge in [-0.1, -0.05) is 6.42 Å². The highest BCUT2D eigenvalue weighted by atomic mass is 32.2. The summed E-state index contributed by atoms with van der Waals surface area (Å²) in [6.45, 7) is -0.151. The standard InChI is InChI=1S/C14H21N3O4S/c1-17(6-9(19)7-18)12(20)5-3-2-4-11-13-10(8-22-11)15-14(21)16-13/h7,10-11,13H,2-6,8H2,1H3,(H2,15,16,21). The predicted octanol–water partition coefficient (Wildman–Crippen LogP) is -0.0614. The van der Waals surface area contributed by atoms with E-state index in [0.717, 1.165) is 25.0 Å². The van der Waals surface area contributed by atoms with Gasteiger partial charge in [-0.2, -0.15) is 11.8 Å². The Kier molecular flexibility index (Phi) is 5.82. The van der Waals surface area contributed by atoms with Crippen molar-refractivity contribution in [1.29, 1.82) is 0 Å². The number of nitrogens with zero attached hydrogens (tertiary/aromatic N) is 1. The average Bonchev–Trinajstić information content (AvgIpc) is 3.02. The van der Waals surface area contributed by atoms with Crippen molar-refractivity contribution in [3.8, 4) is 0 Å². The number of hydrogen-bond acceptors (Lipinski definition) is 5. The van der Waals surface area contributed by atoms with Gasteiger partial charge in [-0.15, -0.1) is 0 Å². The van der Waals surface area contributed by atoms with Crippen LogP contribution in [-0.2, 0) is 14.4 Å². The molecule has 2 saturated heterocycles. The number of unbranched alkanes of at least 4 members (excludes halogenated alkanes) is 1. The van der Waals surface area contributed by atoms with Crippen LogP contribution in [0.15, 0.2) is 0 Å².